The van der Waals surface area contributed by atoms with Gasteiger partial charge in [0, 0.05) is 17.9 Å². The Kier molecular flexibility index (Phi) is 3.64. The van der Waals surface area contributed by atoms with E-state index >= 15 is 0 Å². The number of hydrogen-bond donors (Lipinski definition) is 2. The van der Waals surface area contributed by atoms with Crippen LogP contribution in [0.15, 0.2) is 18.5 Å². The number of nitrogens with zero attached hydrogens (tertiary/aromatic N) is 5. The third-order valence-corrected chi connectivity index (χ3v) is 2.68. The minimum absolute atomic E-state index is 0.0933. The second-order valence-corrected chi connectivity index (χ2v) is 5.03. The summed E-state index contributed by atoms with van der Waals surface area (Å²) in [6, 6.07) is 1.80. The van der Waals surface area contributed by atoms with Crippen LogP contribution in [-0.4, -0.2) is 30.3 Å². The molecule has 2 aromatic rings. The van der Waals surface area contributed by atoms with Crippen molar-refractivity contribution in [1.82, 2.24) is 24.7 Å². The zero-order valence-corrected chi connectivity index (χ0v) is 11.5. The first kappa shape index (κ1) is 13.3. The van der Waals surface area contributed by atoms with Gasteiger partial charge in [0.15, 0.2) is 0 Å². The molecule has 0 saturated heterocycles. The van der Waals surface area contributed by atoms with Crippen molar-refractivity contribution in [2.75, 3.05) is 11.1 Å². The summed E-state index contributed by atoms with van der Waals surface area (Å²) in [5.41, 5.74) is 5.62. The summed E-state index contributed by atoms with van der Waals surface area (Å²) >= 11 is 0. The van der Waals surface area contributed by atoms with Crippen LogP contribution in [0.1, 0.15) is 33.6 Å². The van der Waals surface area contributed by atoms with E-state index in [1.165, 1.54) is 0 Å². The summed E-state index contributed by atoms with van der Waals surface area (Å²) in [5, 5.41) is 7.36. The lowest BCUT2D eigenvalue weighted by atomic mass is 9.99. The highest BCUT2D eigenvalue weighted by Gasteiger charge is 2.18. The van der Waals surface area contributed by atoms with Crippen molar-refractivity contribution in [1.29, 1.82) is 0 Å². The second kappa shape index (κ2) is 5.21. The van der Waals surface area contributed by atoms with Crippen molar-refractivity contribution < 1.29 is 0 Å². The summed E-state index contributed by atoms with van der Waals surface area (Å²) in [6.45, 7) is 6.34. The summed E-state index contributed by atoms with van der Waals surface area (Å²) in [5.74, 6) is 1.05. The first-order chi connectivity index (χ1) is 9.00. The van der Waals surface area contributed by atoms with Crippen LogP contribution in [0.2, 0.25) is 0 Å². The molecule has 19 heavy (non-hydrogen) atoms. The number of hydrogen-bond acceptors (Lipinski definition) is 6. The largest absolute Gasteiger partial charge is 0.368 e. The molecule has 0 aliphatic rings. The van der Waals surface area contributed by atoms with Crippen molar-refractivity contribution in [3.8, 4) is 5.95 Å². The molecule has 0 unspecified atom stereocenters. The van der Waals surface area contributed by atoms with Gasteiger partial charge in [0.2, 0.25) is 11.9 Å². The van der Waals surface area contributed by atoms with Gasteiger partial charge >= 0.3 is 0 Å². The normalized spacial score (nSPS) is 11.5. The van der Waals surface area contributed by atoms with Crippen molar-refractivity contribution >= 4 is 11.9 Å². The molecule has 2 heterocycles. The monoisotopic (exact) mass is 261 g/mol. The molecule has 2 aromatic heterocycles. The van der Waals surface area contributed by atoms with Gasteiger partial charge < -0.3 is 11.1 Å². The topological polar surface area (TPSA) is 94.5 Å². The predicted octanol–water partition coefficient (Wildman–Crippen LogP) is 1.63. The van der Waals surface area contributed by atoms with E-state index in [-0.39, 0.29) is 11.5 Å². The molecule has 0 atom stereocenters. The Morgan fingerprint density at radius 3 is 2.74 bits per heavy atom. The zero-order valence-electron chi connectivity index (χ0n) is 11.5. The van der Waals surface area contributed by atoms with Gasteiger partial charge in [-0.2, -0.15) is 20.1 Å². The van der Waals surface area contributed by atoms with E-state index in [0.717, 1.165) is 12.8 Å². The molecule has 0 fully saturated rings. The third kappa shape index (κ3) is 3.40. The molecule has 102 valence electrons. The van der Waals surface area contributed by atoms with E-state index in [1.54, 1.807) is 23.1 Å². The quantitative estimate of drug-likeness (QED) is 0.849. The summed E-state index contributed by atoms with van der Waals surface area (Å²) in [7, 11) is 0. The molecular formula is C12H19N7. The Hall–Kier alpha value is -2.18. The van der Waals surface area contributed by atoms with E-state index in [4.69, 9.17) is 5.73 Å². The van der Waals surface area contributed by atoms with Crippen LogP contribution >= 0.6 is 0 Å². The molecule has 0 saturated carbocycles. The maximum absolute atomic E-state index is 5.71. The molecule has 2 rings (SSSR count). The van der Waals surface area contributed by atoms with Gasteiger partial charge in [-0.3, -0.25) is 0 Å². The Morgan fingerprint density at radius 2 is 2.11 bits per heavy atom. The molecule has 7 nitrogen and oxygen atoms in total. The first-order valence-electron chi connectivity index (χ1n) is 6.30. The number of nitrogen functional groups attached to an aromatic ring is 1. The molecule has 0 radical (unpaired) electrons. The van der Waals surface area contributed by atoms with Crippen LogP contribution < -0.4 is 11.1 Å². The SMILES string of the molecule is CCCC(C)(C)Nc1nc(N)nc(-n2cccn2)n1. The van der Waals surface area contributed by atoms with Gasteiger partial charge in [-0.15, -0.1) is 0 Å². The highest BCUT2D eigenvalue weighted by atomic mass is 15.4. The third-order valence-electron chi connectivity index (χ3n) is 2.68. The zero-order chi connectivity index (χ0) is 13.9. The van der Waals surface area contributed by atoms with E-state index in [1.807, 2.05) is 0 Å². The Balaban J connectivity index is 2.27. The van der Waals surface area contributed by atoms with Crippen molar-refractivity contribution in [3.05, 3.63) is 18.5 Å². The van der Waals surface area contributed by atoms with Gasteiger partial charge in [0.1, 0.15) is 0 Å². The molecule has 0 spiro atoms. The van der Waals surface area contributed by atoms with Crippen LogP contribution in [0.5, 0.6) is 0 Å². The van der Waals surface area contributed by atoms with Crippen LogP contribution in [-0.2, 0) is 0 Å². The van der Waals surface area contributed by atoms with E-state index in [0.29, 0.717) is 11.9 Å². The molecule has 0 bridgehead atoms. The Labute approximate surface area is 112 Å². The fourth-order valence-corrected chi connectivity index (χ4v) is 1.92. The van der Waals surface area contributed by atoms with Crippen LogP contribution in [0.3, 0.4) is 0 Å². The molecule has 0 aliphatic heterocycles. The van der Waals surface area contributed by atoms with Crippen LogP contribution in [0.4, 0.5) is 11.9 Å². The smallest absolute Gasteiger partial charge is 0.257 e. The van der Waals surface area contributed by atoms with Gasteiger partial charge in [-0.1, -0.05) is 13.3 Å². The molecule has 3 N–H and O–H groups in total. The lowest BCUT2D eigenvalue weighted by Crippen LogP contribution is -2.32. The molecule has 7 heteroatoms. The maximum atomic E-state index is 5.71. The minimum Gasteiger partial charge on any atom is -0.368 e. The number of aromatic nitrogens is 5. The number of nitrogens with two attached hydrogens (primary N) is 1. The highest BCUT2D eigenvalue weighted by Crippen LogP contribution is 2.17. The Morgan fingerprint density at radius 1 is 1.32 bits per heavy atom. The van der Waals surface area contributed by atoms with Crippen molar-refractivity contribution in [3.63, 3.8) is 0 Å². The highest BCUT2D eigenvalue weighted by molar-refractivity contribution is 5.36. The lowest BCUT2D eigenvalue weighted by molar-refractivity contribution is 0.506. The Bertz CT molecular complexity index is 533. The van der Waals surface area contributed by atoms with E-state index < -0.39 is 0 Å². The van der Waals surface area contributed by atoms with Crippen molar-refractivity contribution in [2.24, 2.45) is 0 Å². The number of anilines is 2. The molecule has 0 amide bonds. The first-order valence-corrected chi connectivity index (χ1v) is 6.30. The van der Waals surface area contributed by atoms with Gasteiger partial charge in [0.05, 0.1) is 0 Å². The van der Waals surface area contributed by atoms with Gasteiger partial charge in [0.25, 0.3) is 5.95 Å². The fraction of sp³-hybridized carbons (Fsp3) is 0.500. The van der Waals surface area contributed by atoms with Gasteiger partial charge in [-0.05, 0) is 26.3 Å². The number of rotatable bonds is 5. The van der Waals surface area contributed by atoms with Crippen molar-refractivity contribution in [2.45, 2.75) is 39.2 Å². The summed E-state index contributed by atoms with van der Waals surface area (Å²) in [4.78, 5) is 12.5. The van der Waals surface area contributed by atoms with E-state index in [2.05, 4.69) is 46.1 Å². The number of nitrogens with one attached hydrogen (secondary N) is 1. The van der Waals surface area contributed by atoms with Gasteiger partial charge in [-0.25, -0.2) is 4.68 Å². The second-order valence-electron chi connectivity index (χ2n) is 5.03. The molecule has 0 aliphatic carbocycles. The lowest BCUT2D eigenvalue weighted by Gasteiger charge is -2.25. The van der Waals surface area contributed by atoms with Crippen LogP contribution in [0.25, 0.3) is 5.95 Å². The fourth-order valence-electron chi connectivity index (χ4n) is 1.92. The average molecular weight is 261 g/mol. The molecular weight excluding hydrogens is 242 g/mol. The molecule has 0 aromatic carbocycles. The standard InChI is InChI=1S/C12H19N7/c1-4-6-12(2,3)18-10-15-9(13)16-11(17-10)19-8-5-7-14-19/h5,7-8H,4,6H2,1-3H3,(H3,13,15,16,17,18). The maximum Gasteiger partial charge on any atom is 0.257 e. The minimum atomic E-state index is -0.0933. The average Bonchev–Trinajstić information content (AvgIpc) is 2.80. The summed E-state index contributed by atoms with van der Waals surface area (Å²) in [6.07, 6.45) is 5.51. The summed E-state index contributed by atoms with van der Waals surface area (Å²) < 4.78 is 1.55. The predicted molar refractivity (Wildman–Crippen MR) is 74.0 cm³/mol. The van der Waals surface area contributed by atoms with E-state index in [9.17, 15) is 0 Å². The van der Waals surface area contributed by atoms with Crippen LogP contribution in [0, 0.1) is 0 Å².